The molecule has 0 aliphatic heterocycles. The molecule has 0 fully saturated rings. The molecule has 6 nitrogen and oxygen atoms in total. The molecule has 0 saturated heterocycles. The van der Waals surface area contributed by atoms with Crippen LogP contribution < -0.4 is 0 Å². The normalized spacial score (nSPS) is 11.6. The highest BCUT2D eigenvalue weighted by Gasteiger charge is 2.19. The monoisotopic (exact) mass is 232 g/mol. The average molecular weight is 232 g/mol. The molecule has 16 heavy (non-hydrogen) atoms. The van der Waals surface area contributed by atoms with Crippen molar-refractivity contribution in [3.05, 3.63) is 0 Å². The van der Waals surface area contributed by atoms with E-state index >= 15 is 0 Å². The molecule has 0 radical (unpaired) electrons. The van der Waals surface area contributed by atoms with Gasteiger partial charge in [-0.1, -0.05) is 0 Å². The predicted octanol–water partition coefficient (Wildman–Crippen LogP) is 0.594. The van der Waals surface area contributed by atoms with E-state index in [-0.39, 0.29) is 19.3 Å². The number of methoxy groups -OCH3 is 2. The lowest BCUT2D eigenvalue weighted by Gasteiger charge is -2.12. The lowest BCUT2D eigenvalue weighted by Crippen LogP contribution is -2.15. The third kappa shape index (κ3) is 6.80. The van der Waals surface area contributed by atoms with Crippen LogP contribution in [0.25, 0.3) is 0 Å². The first-order valence-electron chi connectivity index (χ1n) is 4.85. The number of aliphatic carboxylic acids is 1. The minimum atomic E-state index is -1.00. The first kappa shape index (κ1) is 14.4. The van der Waals surface area contributed by atoms with Crippen molar-refractivity contribution in [2.45, 2.75) is 25.7 Å². The van der Waals surface area contributed by atoms with Crippen molar-refractivity contribution in [2.24, 2.45) is 5.92 Å². The molecule has 0 aromatic carbocycles. The fourth-order valence-corrected chi connectivity index (χ4v) is 1.27. The molecular formula is C10H16O6. The summed E-state index contributed by atoms with van der Waals surface area (Å²) in [6.45, 7) is 0. The Hall–Kier alpha value is -1.59. The van der Waals surface area contributed by atoms with Crippen LogP contribution in [-0.2, 0) is 23.9 Å². The largest absolute Gasteiger partial charge is 0.481 e. The van der Waals surface area contributed by atoms with Gasteiger partial charge >= 0.3 is 17.9 Å². The van der Waals surface area contributed by atoms with Gasteiger partial charge in [0.25, 0.3) is 0 Å². The van der Waals surface area contributed by atoms with Crippen molar-refractivity contribution in [1.29, 1.82) is 0 Å². The standard InChI is InChI=1S/C10H16O6/c1-15-9(13)4-3-7(5-8(11)12)6-10(14)16-2/h7H,3-6H2,1-2H3,(H,11,12). The summed E-state index contributed by atoms with van der Waals surface area (Å²) >= 11 is 0. The number of hydrogen-bond acceptors (Lipinski definition) is 5. The van der Waals surface area contributed by atoms with Gasteiger partial charge in [0, 0.05) is 19.3 Å². The SMILES string of the molecule is COC(=O)CCC(CC(=O)O)CC(=O)OC. The Labute approximate surface area is 93.5 Å². The highest BCUT2D eigenvalue weighted by molar-refractivity contribution is 5.73. The van der Waals surface area contributed by atoms with E-state index < -0.39 is 23.8 Å². The Morgan fingerprint density at radius 3 is 2.06 bits per heavy atom. The molecule has 0 aliphatic rings. The molecule has 1 unspecified atom stereocenters. The van der Waals surface area contributed by atoms with E-state index in [2.05, 4.69) is 9.47 Å². The Morgan fingerprint density at radius 1 is 1.06 bits per heavy atom. The minimum absolute atomic E-state index is 0.000204. The Bertz CT molecular complexity index is 260. The van der Waals surface area contributed by atoms with Crippen LogP contribution in [0.5, 0.6) is 0 Å². The van der Waals surface area contributed by atoms with E-state index in [4.69, 9.17) is 5.11 Å². The van der Waals surface area contributed by atoms with Gasteiger partial charge in [-0.3, -0.25) is 14.4 Å². The van der Waals surface area contributed by atoms with Crippen LogP contribution >= 0.6 is 0 Å². The number of carbonyl (C=O) groups is 3. The van der Waals surface area contributed by atoms with Crippen molar-refractivity contribution in [3.8, 4) is 0 Å². The average Bonchev–Trinajstić information content (AvgIpc) is 2.24. The lowest BCUT2D eigenvalue weighted by atomic mass is 9.96. The van der Waals surface area contributed by atoms with Crippen molar-refractivity contribution < 1.29 is 29.0 Å². The second kappa shape index (κ2) is 7.67. The molecule has 0 amide bonds. The van der Waals surface area contributed by atoms with Crippen LogP contribution in [0.1, 0.15) is 25.7 Å². The second-order valence-electron chi connectivity index (χ2n) is 3.36. The summed E-state index contributed by atoms with van der Waals surface area (Å²) in [6.07, 6.45) is 0.241. The van der Waals surface area contributed by atoms with Gasteiger partial charge in [-0.25, -0.2) is 0 Å². The molecular weight excluding hydrogens is 216 g/mol. The quantitative estimate of drug-likeness (QED) is 0.646. The van der Waals surface area contributed by atoms with E-state index in [0.29, 0.717) is 6.42 Å². The zero-order valence-corrected chi connectivity index (χ0v) is 9.39. The number of esters is 2. The summed E-state index contributed by atoms with van der Waals surface area (Å²) in [5, 5.41) is 8.62. The summed E-state index contributed by atoms with van der Waals surface area (Å²) < 4.78 is 8.88. The first-order valence-corrected chi connectivity index (χ1v) is 4.85. The number of carbonyl (C=O) groups excluding carboxylic acids is 2. The third-order valence-electron chi connectivity index (χ3n) is 2.13. The zero-order chi connectivity index (χ0) is 12.6. The fraction of sp³-hybridized carbons (Fsp3) is 0.700. The highest BCUT2D eigenvalue weighted by atomic mass is 16.5. The predicted molar refractivity (Wildman–Crippen MR) is 53.6 cm³/mol. The third-order valence-corrected chi connectivity index (χ3v) is 2.13. The summed E-state index contributed by atoms with van der Waals surface area (Å²) in [5.41, 5.74) is 0. The molecule has 92 valence electrons. The van der Waals surface area contributed by atoms with Gasteiger partial charge in [-0.05, 0) is 12.3 Å². The maximum atomic E-state index is 11.0. The molecule has 1 N–H and O–H groups in total. The van der Waals surface area contributed by atoms with Gasteiger partial charge in [0.2, 0.25) is 0 Å². The van der Waals surface area contributed by atoms with Gasteiger partial charge in [-0.2, -0.15) is 0 Å². The molecule has 0 heterocycles. The minimum Gasteiger partial charge on any atom is -0.481 e. The first-order chi connectivity index (χ1) is 7.49. The number of carboxylic acid groups (broad SMARTS) is 1. The maximum Gasteiger partial charge on any atom is 0.305 e. The number of ether oxygens (including phenoxy) is 2. The number of hydrogen-bond donors (Lipinski definition) is 1. The second-order valence-corrected chi connectivity index (χ2v) is 3.36. The molecule has 0 rings (SSSR count). The van der Waals surface area contributed by atoms with Crippen LogP contribution in [0.4, 0.5) is 0 Å². The van der Waals surface area contributed by atoms with Gasteiger partial charge in [0.15, 0.2) is 0 Å². The van der Waals surface area contributed by atoms with E-state index in [0.717, 1.165) is 0 Å². The fourth-order valence-electron chi connectivity index (χ4n) is 1.27. The zero-order valence-electron chi connectivity index (χ0n) is 9.39. The molecule has 0 saturated carbocycles. The molecule has 0 bridgehead atoms. The molecule has 0 aromatic rings. The van der Waals surface area contributed by atoms with Crippen molar-refractivity contribution >= 4 is 17.9 Å². The number of rotatable bonds is 7. The Balaban J connectivity index is 4.14. The summed E-state index contributed by atoms with van der Waals surface area (Å²) in [7, 11) is 2.50. The molecule has 6 heteroatoms. The summed E-state index contributed by atoms with van der Waals surface area (Å²) in [5.74, 6) is -2.29. The van der Waals surface area contributed by atoms with Crippen LogP contribution in [0.2, 0.25) is 0 Å². The van der Waals surface area contributed by atoms with Crippen LogP contribution in [0, 0.1) is 5.92 Å². The van der Waals surface area contributed by atoms with E-state index in [1.54, 1.807) is 0 Å². The molecule has 0 spiro atoms. The van der Waals surface area contributed by atoms with Gasteiger partial charge in [0.05, 0.1) is 14.2 Å². The van der Waals surface area contributed by atoms with Crippen molar-refractivity contribution in [2.75, 3.05) is 14.2 Å². The highest BCUT2D eigenvalue weighted by Crippen LogP contribution is 2.16. The van der Waals surface area contributed by atoms with E-state index in [1.807, 2.05) is 0 Å². The van der Waals surface area contributed by atoms with Gasteiger partial charge in [-0.15, -0.1) is 0 Å². The van der Waals surface area contributed by atoms with Crippen molar-refractivity contribution in [1.82, 2.24) is 0 Å². The Morgan fingerprint density at radius 2 is 1.62 bits per heavy atom. The Kier molecular flexibility index (Phi) is 6.91. The van der Waals surface area contributed by atoms with Crippen LogP contribution in [-0.4, -0.2) is 37.2 Å². The van der Waals surface area contributed by atoms with Crippen LogP contribution in [0.3, 0.4) is 0 Å². The number of carboxylic acids is 1. The summed E-state index contributed by atoms with van der Waals surface area (Å²) in [6, 6.07) is 0. The maximum absolute atomic E-state index is 11.0. The van der Waals surface area contributed by atoms with Gasteiger partial charge in [0.1, 0.15) is 0 Å². The topological polar surface area (TPSA) is 89.9 Å². The van der Waals surface area contributed by atoms with Crippen molar-refractivity contribution in [3.63, 3.8) is 0 Å². The van der Waals surface area contributed by atoms with Gasteiger partial charge < -0.3 is 14.6 Å². The molecule has 0 aliphatic carbocycles. The van der Waals surface area contributed by atoms with E-state index in [1.165, 1.54) is 14.2 Å². The molecule has 0 aromatic heterocycles. The smallest absolute Gasteiger partial charge is 0.305 e. The van der Waals surface area contributed by atoms with E-state index in [9.17, 15) is 14.4 Å². The summed E-state index contributed by atoms with van der Waals surface area (Å²) in [4.78, 5) is 32.4. The van der Waals surface area contributed by atoms with Crippen LogP contribution in [0.15, 0.2) is 0 Å². The molecule has 1 atom stereocenters. The lowest BCUT2D eigenvalue weighted by molar-refractivity contribution is -0.145.